The first kappa shape index (κ1) is 38.3. The summed E-state index contributed by atoms with van der Waals surface area (Å²) in [6.45, 7) is 0. The van der Waals surface area contributed by atoms with Crippen LogP contribution in [0.1, 0.15) is 0 Å². The van der Waals surface area contributed by atoms with Crippen LogP contribution in [0.4, 0.5) is 11.4 Å². The van der Waals surface area contributed by atoms with Gasteiger partial charge < -0.3 is 20.0 Å². The molecule has 0 saturated carbocycles. The number of aromatic amines is 2. The molecular formula is C43H29N5O10S3. The van der Waals surface area contributed by atoms with Crippen LogP contribution in [0.25, 0.3) is 88.6 Å². The second-order valence-corrected chi connectivity index (χ2v) is 18.7. The number of H-pyrrole nitrogens is 2. The van der Waals surface area contributed by atoms with E-state index in [2.05, 4.69) is 15.3 Å². The molecule has 0 fully saturated rings. The Labute approximate surface area is 346 Å². The number of hydrogen-bond acceptors (Lipinski definition) is 10. The Morgan fingerprint density at radius 3 is 1.31 bits per heavy atom. The number of nitrogens with zero attached hydrogens (tertiary/aromatic N) is 2. The van der Waals surface area contributed by atoms with E-state index in [0.29, 0.717) is 83.6 Å². The smallest absolute Gasteiger partial charge is 0.294 e. The maximum atomic E-state index is 12.4. The maximum Gasteiger partial charge on any atom is 0.294 e. The average Bonchev–Trinajstić information content (AvgIpc) is 3.95. The molecule has 15 nitrogen and oxygen atoms in total. The summed E-state index contributed by atoms with van der Waals surface area (Å²) < 4.78 is 109. The Hall–Kier alpha value is -6.93. The van der Waals surface area contributed by atoms with E-state index in [1.807, 2.05) is 42.5 Å². The summed E-state index contributed by atoms with van der Waals surface area (Å²) >= 11 is 0. The summed E-state index contributed by atoms with van der Waals surface area (Å²) in [5.41, 5.74) is 6.78. The molecule has 0 radical (unpaired) electrons. The summed E-state index contributed by atoms with van der Waals surface area (Å²) in [5, 5.41) is 5.78. The van der Waals surface area contributed by atoms with Crippen LogP contribution in [0.15, 0.2) is 136 Å². The number of rotatable bonds is 6. The van der Waals surface area contributed by atoms with Gasteiger partial charge in [0.25, 0.3) is 30.4 Å². The highest BCUT2D eigenvalue weighted by molar-refractivity contribution is 7.86. The number of nitrogens with one attached hydrogen (secondary N) is 3. The van der Waals surface area contributed by atoms with E-state index in [9.17, 15) is 38.9 Å². The molecule has 6 N–H and O–H groups in total. The molecule has 0 spiro atoms. The molecule has 0 unspecified atom stereocenters. The van der Waals surface area contributed by atoms with E-state index in [4.69, 9.17) is 14.7 Å². The van der Waals surface area contributed by atoms with Crippen molar-refractivity contribution >= 4 is 85.3 Å². The molecule has 2 aliphatic rings. The van der Waals surface area contributed by atoms with E-state index in [1.165, 1.54) is 48.5 Å². The van der Waals surface area contributed by atoms with Gasteiger partial charge in [0.2, 0.25) is 0 Å². The molecule has 5 aromatic carbocycles. The number of hydrogen-bond donors (Lipinski definition) is 6. The first-order valence-corrected chi connectivity index (χ1v) is 22.6. The summed E-state index contributed by atoms with van der Waals surface area (Å²) in [6, 6.07) is 32.3. The molecule has 0 saturated heterocycles. The maximum absolute atomic E-state index is 12.4. The average molecular weight is 872 g/mol. The fourth-order valence-corrected chi connectivity index (χ4v) is 9.32. The first-order chi connectivity index (χ1) is 29.0. The van der Waals surface area contributed by atoms with Crippen molar-refractivity contribution in [1.82, 2.24) is 19.9 Å². The zero-order valence-electron chi connectivity index (χ0n) is 31.4. The largest absolute Gasteiger partial charge is 0.497 e. The molecular weight excluding hydrogens is 843 g/mol. The number of ether oxygens (including phenoxy) is 1. The molecule has 3 aromatic heterocycles. The van der Waals surface area contributed by atoms with Crippen LogP contribution >= 0.6 is 0 Å². The highest BCUT2D eigenvalue weighted by Crippen LogP contribution is 2.42. The van der Waals surface area contributed by atoms with Crippen molar-refractivity contribution in [3.05, 3.63) is 121 Å². The Bertz CT molecular complexity index is 3710. The van der Waals surface area contributed by atoms with Crippen molar-refractivity contribution in [3.63, 3.8) is 0 Å². The second-order valence-electron chi connectivity index (χ2n) is 14.4. The number of aromatic nitrogens is 4. The van der Waals surface area contributed by atoms with Gasteiger partial charge in [0.05, 0.1) is 44.6 Å². The summed E-state index contributed by atoms with van der Waals surface area (Å²) in [4.78, 5) is 15.6. The lowest BCUT2D eigenvalue weighted by atomic mass is 10.0. The molecule has 8 aromatic rings. The van der Waals surface area contributed by atoms with Crippen LogP contribution < -0.4 is 10.1 Å². The fourth-order valence-electron chi connectivity index (χ4n) is 7.80. The first-order valence-electron chi connectivity index (χ1n) is 18.2. The highest BCUT2D eigenvalue weighted by Gasteiger charge is 2.24. The van der Waals surface area contributed by atoms with Crippen molar-refractivity contribution in [1.29, 1.82) is 0 Å². The Kier molecular flexibility index (Phi) is 8.50. The molecule has 5 heterocycles. The minimum absolute atomic E-state index is 0.314. The minimum Gasteiger partial charge on any atom is -0.497 e. The van der Waals surface area contributed by atoms with Crippen LogP contribution in [0.5, 0.6) is 5.75 Å². The predicted octanol–water partition coefficient (Wildman–Crippen LogP) is 8.78. The Morgan fingerprint density at radius 1 is 0.443 bits per heavy atom. The van der Waals surface area contributed by atoms with Gasteiger partial charge in [-0.15, -0.1) is 0 Å². The molecule has 2 aliphatic heterocycles. The zero-order chi connectivity index (χ0) is 42.6. The van der Waals surface area contributed by atoms with Crippen LogP contribution in [-0.4, -0.2) is 66.0 Å². The van der Waals surface area contributed by atoms with Crippen molar-refractivity contribution in [2.24, 2.45) is 0 Å². The fraction of sp³-hybridized carbons (Fsp3) is 0.0233. The van der Waals surface area contributed by atoms with Gasteiger partial charge in [0.1, 0.15) is 5.75 Å². The van der Waals surface area contributed by atoms with Crippen molar-refractivity contribution in [2.45, 2.75) is 14.7 Å². The third-order valence-electron chi connectivity index (χ3n) is 10.7. The van der Waals surface area contributed by atoms with E-state index in [-0.39, 0.29) is 14.7 Å². The number of fused-ring (bicyclic) bond motifs is 20. The highest BCUT2D eigenvalue weighted by atomic mass is 32.2. The molecule has 0 amide bonds. The lowest BCUT2D eigenvalue weighted by Gasteiger charge is -2.08. The van der Waals surface area contributed by atoms with Crippen LogP contribution in [-0.2, 0) is 30.4 Å². The molecule has 61 heavy (non-hydrogen) atoms. The number of methoxy groups -OCH3 is 1. The zero-order valence-corrected chi connectivity index (χ0v) is 33.8. The van der Waals surface area contributed by atoms with Crippen LogP contribution in [0, 0.1) is 0 Å². The SMILES string of the molecule is COc1ccc(Nc2ccc3c4cc5nc(cc6[nH]c(cc7nc(cc([nH]4)c3c2)-c2ccc(S(=O)(=O)O)cc2-7)c2ccc(S(=O)(=O)O)cc62)-c2ccc(S(=O)(=O)O)cc2-5)cc1. The van der Waals surface area contributed by atoms with E-state index >= 15 is 0 Å². The van der Waals surface area contributed by atoms with Gasteiger partial charge in [-0.25, -0.2) is 9.97 Å². The summed E-state index contributed by atoms with van der Waals surface area (Å²) in [5.74, 6) is 0.697. The van der Waals surface area contributed by atoms with Gasteiger partial charge in [-0.3, -0.25) is 13.7 Å². The quantitative estimate of drug-likeness (QED) is 0.0857. The van der Waals surface area contributed by atoms with Crippen molar-refractivity contribution in [3.8, 4) is 50.8 Å². The van der Waals surface area contributed by atoms with Gasteiger partial charge in [-0.2, -0.15) is 25.3 Å². The lowest BCUT2D eigenvalue weighted by molar-refractivity contribution is 0.415. The third-order valence-corrected chi connectivity index (χ3v) is 13.2. The molecule has 18 heteroatoms. The van der Waals surface area contributed by atoms with Crippen molar-refractivity contribution < 1.29 is 43.6 Å². The Morgan fingerprint density at radius 2 is 0.836 bits per heavy atom. The summed E-state index contributed by atoms with van der Waals surface area (Å²) in [6.07, 6.45) is 0. The van der Waals surface area contributed by atoms with Gasteiger partial charge in [-0.1, -0.05) is 24.3 Å². The second kappa shape index (κ2) is 13.5. The van der Waals surface area contributed by atoms with Gasteiger partial charge in [0.15, 0.2) is 0 Å². The number of benzene rings is 5. The normalized spacial score (nSPS) is 12.7. The Balaban J connectivity index is 1.33. The van der Waals surface area contributed by atoms with Gasteiger partial charge in [-0.05, 0) is 97.1 Å². The van der Waals surface area contributed by atoms with Gasteiger partial charge >= 0.3 is 0 Å². The monoisotopic (exact) mass is 871 g/mol. The van der Waals surface area contributed by atoms with E-state index in [1.54, 1.807) is 37.4 Å². The summed E-state index contributed by atoms with van der Waals surface area (Å²) in [7, 11) is -12.3. The molecule has 8 bridgehead atoms. The predicted molar refractivity (Wildman–Crippen MR) is 231 cm³/mol. The molecule has 304 valence electrons. The molecule has 0 atom stereocenters. The van der Waals surface area contributed by atoms with Crippen molar-refractivity contribution in [2.75, 3.05) is 12.4 Å². The molecule has 10 rings (SSSR count). The topological polar surface area (TPSA) is 242 Å². The third kappa shape index (κ3) is 6.76. The van der Waals surface area contributed by atoms with Gasteiger partial charge in [0, 0.05) is 77.2 Å². The minimum atomic E-state index is -4.64. The lowest BCUT2D eigenvalue weighted by Crippen LogP contribution is -1.98. The molecule has 0 aliphatic carbocycles. The van der Waals surface area contributed by atoms with E-state index < -0.39 is 30.4 Å². The van der Waals surface area contributed by atoms with E-state index in [0.717, 1.165) is 22.1 Å². The number of anilines is 2. The van der Waals surface area contributed by atoms with Crippen LogP contribution in [0.2, 0.25) is 0 Å². The van der Waals surface area contributed by atoms with Crippen LogP contribution in [0.3, 0.4) is 0 Å². The standard InChI is InChI=1S/C43H29N5O10S3/c1-58-24-5-2-22(3-6-24)44-23-4-10-28-32(14-23)40-18-37-29-11-7-25(59(49,50)51)15-33(29)42(46-37)20-39-31-13-9-27(61(55,56)57)17-35(31)43(48-39)21-38-30-12-8-26(60(52,53)54)16-34(30)41(47-38)19-36(28)45-40/h2-21,44-45,48H,1H3,(H,49,50,51)(H,52,53,54)(H,55,56,57).